The molecule has 28 heavy (non-hydrogen) atoms. The number of esters is 1. The number of nitrogens with zero attached hydrogens (tertiary/aromatic N) is 1. The molecule has 3 unspecified atom stereocenters. The number of epoxide rings is 1. The molecule has 0 amide bonds. The fourth-order valence-electron chi connectivity index (χ4n) is 5.52. The van der Waals surface area contributed by atoms with Crippen molar-refractivity contribution >= 4 is 5.97 Å². The van der Waals surface area contributed by atoms with Crippen molar-refractivity contribution in [2.24, 2.45) is 0 Å². The molecule has 3 saturated heterocycles. The van der Waals surface area contributed by atoms with Gasteiger partial charge in [0, 0.05) is 12.8 Å². The highest BCUT2D eigenvalue weighted by Crippen LogP contribution is 2.52. The Morgan fingerprint density at radius 2 is 1.39 bits per heavy atom. The molecular weight excluding hydrogens is 350 g/mol. The van der Waals surface area contributed by atoms with Crippen molar-refractivity contribution in [2.45, 2.75) is 55.6 Å². The van der Waals surface area contributed by atoms with Crippen LogP contribution in [0.1, 0.15) is 30.9 Å². The third-order valence-electron chi connectivity index (χ3n) is 7.42. The summed E-state index contributed by atoms with van der Waals surface area (Å²) in [5.74, 6) is -0.156. The molecule has 0 aliphatic carbocycles. The fraction of sp³-hybridized carbons (Fsp3) is 0.458. The number of fused-ring (bicyclic) bond motifs is 5. The number of carbonyl (C=O) groups excluding carboxylic acids is 1. The minimum Gasteiger partial charge on any atom is -0.461 e. The Labute approximate surface area is 166 Å². The molecule has 4 heteroatoms. The van der Waals surface area contributed by atoms with Gasteiger partial charge in [0.15, 0.2) is 0 Å². The number of quaternary nitrogens is 1. The van der Waals surface area contributed by atoms with Crippen molar-refractivity contribution in [1.29, 1.82) is 0 Å². The van der Waals surface area contributed by atoms with E-state index in [2.05, 4.69) is 14.1 Å². The van der Waals surface area contributed by atoms with E-state index in [4.69, 9.17) is 9.47 Å². The van der Waals surface area contributed by atoms with Crippen molar-refractivity contribution < 1.29 is 18.8 Å². The second-order valence-electron chi connectivity index (χ2n) is 9.18. The molecular formula is C24H28NO3+. The molecule has 3 aliphatic rings. The number of morpholine rings is 1. The van der Waals surface area contributed by atoms with Crippen LogP contribution < -0.4 is 0 Å². The highest BCUT2D eigenvalue weighted by Gasteiger charge is 2.70. The summed E-state index contributed by atoms with van der Waals surface area (Å²) < 4.78 is 13.1. The second-order valence-corrected chi connectivity index (χ2v) is 9.18. The molecule has 3 aliphatic heterocycles. The molecule has 5 atom stereocenters. The number of hydrogen-bond acceptors (Lipinski definition) is 3. The molecule has 2 aromatic rings. The molecule has 5 rings (SSSR count). The van der Waals surface area contributed by atoms with Crippen LogP contribution in [0.25, 0.3) is 0 Å². The van der Waals surface area contributed by atoms with E-state index in [9.17, 15) is 4.79 Å². The topological polar surface area (TPSA) is 38.8 Å². The molecule has 0 N–H and O–H groups in total. The number of carbonyl (C=O) groups is 1. The first-order chi connectivity index (χ1) is 13.4. The largest absolute Gasteiger partial charge is 0.461 e. The summed E-state index contributed by atoms with van der Waals surface area (Å²) in [5.41, 5.74) is 1.11. The summed E-state index contributed by atoms with van der Waals surface area (Å²) in [7, 11) is 4.59. The SMILES string of the molecule is CC(C(=O)OC1CC2C3O[C@@H]3[C@H](C1)[N+]2(C)C)(c1ccccc1)c1ccccc1. The van der Waals surface area contributed by atoms with Gasteiger partial charge in [-0.25, -0.2) is 0 Å². The Morgan fingerprint density at radius 1 is 0.929 bits per heavy atom. The molecule has 2 bridgehead atoms. The number of rotatable bonds is 4. The zero-order chi connectivity index (χ0) is 19.5. The molecule has 0 saturated carbocycles. The monoisotopic (exact) mass is 378 g/mol. The Kier molecular flexibility index (Phi) is 3.94. The van der Waals surface area contributed by atoms with Crippen molar-refractivity contribution in [3.05, 3.63) is 71.8 Å². The average Bonchev–Trinajstić information content (AvgIpc) is 3.47. The van der Waals surface area contributed by atoms with Crippen molar-refractivity contribution in [3.8, 4) is 0 Å². The first kappa shape index (κ1) is 17.9. The standard InChI is InChI=1S/C24H28NO3/c1-24(16-10-6-4-7-11-16,17-12-8-5-9-13-17)23(26)27-18-14-19-21-22(28-21)20(15-18)25(19,2)3/h4-13,18-22H,14-15H2,1-3H3/q+1/t18?,19-,20?,21+,22?/m0/s1. The van der Waals surface area contributed by atoms with Crippen LogP contribution in [0.2, 0.25) is 0 Å². The average molecular weight is 378 g/mol. The van der Waals surface area contributed by atoms with Crippen LogP contribution in [0.4, 0.5) is 0 Å². The number of piperidine rings is 1. The lowest BCUT2D eigenvalue weighted by atomic mass is 9.76. The molecule has 0 aromatic heterocycles. The highest BCUT2D eigenvalue weighted by molar-refractivity contribution is 5.87. The van der Waals surface area contributed by atoms with Gasteiger partial charge in [-0.2, -0.15) is 0 Å². The number of ether oxygens (including phenoxy) is 2. The Bertz CT molecular complexity index is 820. The van der Waals surface area contributed by atoms with E-state index in [1.165, 1.54) is 0 Å². The van der Waals surface area contributed by atoms with Gasteiger partial charge in [0.2, 0.25) is 0 Å². The van der Waals surface area contributed by atoms with Crippen LogP contribution in [-0.2, 0) is 19.7 Å². The Hall–Kier alpha value is -2.17. The van der Waals surface area contributed by atoms with Crippen molar-refractivity contribution in [2.75, 3.05) is 14.1 Å². The minimum absolute atomic E-state index is 0.0307. The van der Waals surface area contributed by atoms with Crippen LogP contribution >= 0.6 is 0 Å². The highest BCUT2D eigenvalue weighted by atomic mass is 16.6. The zero-order valence-corrected chi connectivity index (χ0v) is 16.7. The van der Waals surface area contributed by atoms with E-state index in [1.54, 1.807) is 0 Å². The second kappa shape index (κ2) is 6.16. The van der Waals surface area contributed by atoms with Gasteiger partial charge >= 0.3 is 5.97 Å². The van der Waals surface area contributed by atoms with Gasteiger partial charge < -0.3 is 14.0 Å². The van der Waals surface area contributed by atoms with Crippen LogP contribution in [0, 0.1) is 0 Å². The molecule has 3 heterocycles. The number of hydrogen-bond donors (Lipinski definition) is 0. The first-order valence-electron chi connectivity index (χ1n) is 10.2. The first-order valence-corrected chi connectivity index (χ1v) is 10.2. The summed E-state index contributed by atoms with van der Waals surface area (Å²) in [5, 5.41) is 0. The predicted octanol–water partition coefficient (Wildman–Crippen LogP) is 3.29. The van der Waals surface area contributed by atoms with Gasteiger partial charge in [-0.3, -0.25) is 4.79 Å². The van der Waals surface area contributed by atoms with Gasteiger partial charge in [0.25, 0.3) is 0 Å². The number of benzene rings is 2. The van der Waals surface area contributed by atoms with Crippen molar-refractivity contribution in [1.82, 2.24) is 0 Å². The minimum atomic E-state index is -0.817. The molecule has 4 nitrogen and oxygen atoms in total. The van der Waals surface area contributed by atoms with Gasteiger partial charge in [-0.1, -0.05) is 60.7 Å². The van der Waals surface area contributed by atoms with Gasteiger partial charge in [-0.15, -0.1) is 0 Å². The summed E-state index contributed by atoms with van der Waals surface area (Å²) in [6, 6.07) is 20.8. The van der Waals surface area contributed by atoms with Crippen molar-refractivity contribution in [3.63, 3.8) is 0 Å². The Balaban J connectivity index is 1.42. The van der Waals surface area contributed by atoms with Crippen LogP contribution in [-0.4, -0.2) is 54.9 Å². The molecule has 146 valence electrons. The Morgan fingerprint density at radius 3 is 1.86 bits per heavy atom. The van der Waals surface area contributed by atoms with Crippen LogP contribution in [0.5, 0.6) is 0 Å². The summed E-state index contributed by atoms with van der Waals surface area (Å²) >= 11 is 0. The third-order valence-corrected chi connectivity index (χ3v) is 7.42. The molecule has 2 aromatic carbocycles. The smallest absolute Gasteiger partial charge is 0.321 e. The maximum Gasteiger partial charge on any atom is 0.321 e. The van der Waals surface area contributed by atoms with E-state index in [0.29, 0.717) is 24.3 Å². The number of likely N-dealkylation sites (N-methyl/N-ethyl adjacent to an activating group) is 1. The van der Waals surface area contributed by atoms with Gasteiger partial charge in [0.05, 0.1) is 14.1 Å². The van der Waals surface area contributed by atoms with Crippen LogP contribution in [0.3, 0.4) is 0 Å². The lowest BCUT2D eigenvalue weighted by Crippen LogP contribution is -2.60. The summed E-state index contributed by atoms with van der Waals surface area (Å²) in [6.07, 6.45) is 2.46. The summed E-state index contributed by atoms with van der Waals surface area (Å²) in [4.78, 5) is 13.6. The van der Waals surface area contributed by atoms with Gasteiger partial charge in [0.1, 0.15) is 35.8 Å². The van der Waals surface area contributed by atoms with E-state index < -0.39 is 5.41 Å². The maximum absolute atomic E-state index is 13.6. The fourth-order valence-corrected chi connectivity index (χ4v) is 5.52. The van der Waals surface area contributed by atoms with Crippen LogP contribution in [0.15, 0.2) is 60.7 Å². The quantitative estimate of drug-likeness (QED) is 0.466. The van der Waals surface area contributed by atoms with Gasteiger partial charge in [-0.05, 0) is 18.1 Å². The van der Waals surface area contributed by atoms with E-state index >= 15 is 0 Å². The molecule has 3 fully saturated rings. The lowest BCUT2D eigenvalue weighted by molar-refractivity contribution is -0.938. The molecule has 0 spiro atoms. The zero-order valence-electron chi connectivity index (χ0n) is 16.7. The maximum atomic E-state index is 13.6. The lowest BCUT2D eigenvalue weighted by Gasteiger charge is -2.45. The summed E-state index contributed by atoms with van der Waals surface area (Å²) in [6.45, 7) is 1.98. The van der Waals surface area contributed by atoms with E-state index in [1.807, 2.05) is 67.6 Å². The normalized spacial score (nSPS) is 32.5. The third kappa shape index (κ3) is 2.55. The predicted molar refractivity (Wildman–Crippen MR) is 107 cm³/mol. The van der Waals surface area contributed by atoms with E-state index in [0.717, 1.165) is 28.5 Å². The van der Waals surface area contributed by atoms with E-state index in [-0.39, 0.29) is 12.1 Å². The molecule has 0 radical (unpaired) electrons.